The summed E-state index contributed by atoms with van der Waals surface area (Å²) in [5.41, 5.74) is 5.62. The molecule has 5 nitrogen and oxygen atoms in total. The first-order valence-corrected chi connectivity index (χ1v) is 6.52. The van der Waals surface area contributed by atoms with Gasteiger partial charge in [0.25, 0.3) is 0 Å². The lowest BCUT2D eigenvalue weighted by molar-refractivity contribution is 0.475. The molecule has 2 heterocycles. The van der Waals surface area contributed by atoms with Crippen LogP contribution in [0.5, 0.6) is 5.75 Å². The zero-order valence-corrected chi connectivity index (χ0v) is 11.0. The molecule has 0 amide bonds. The molecule has 3 aromatic rings. The number of hydrazine groups is 1. The van der Waals surface area contributed by atoms with E-state index < -0.39 is 0 Å². The van der Waals surface area contributed by atoms with Crippen LogP contribution in [-0.4, -0.2) is 15.1 Å². The molecule has 0 saturated carbocycles. The molecule has 3 rings (SSSR count). The number of aromatic hydroxyl groups is 1. The third kappa shape index (κ3) is 1.91. The van der Waals surface area contributed by atoms with Crippen molar-refractivity contribution in [2.45, 2.75) is 6.92 Å². The summed E-state index contributed by atoms with van der Waals surface area (Å²) in [5.74, 6) is 6.35. The summed E-state index contributed by atoms with van der Waals surface area (Å²) in [4.78, 5) is 9.52. The van der Waals surface area contributed by atoms with Gasteiger partial charge in [-0.1, -0.05) is 0 Å². The monoisotopic (exact) mass is 272 g/mol. The predicted octanol–water partition coefficient (Wildman–Crippen LogP) is 2.66. The summed E-state index contributed by atoms with van der Waals surface area (Å²) in [6, 6.07) is 7.12. The van der Waals surface area contributed by atoms with E-state index in [9.17, 15) is 5.11 Å². The van der Waals surface area contributed by atoms with E-state index in [1.807, 2.05) is 19.1 Å². The molecule has 0 fully saturated rings. The number of nitrogens with zero attached hydrogens (tertiary/aromatic N) is 2. The predicted molar refractivity (Wildman–Crippen MR) is 77.1 cm³/mol. The van der Waals surface area contributed by atoms with Gasteiger partial charge in [0.15, 0.2) is 5.82 Å². The minimum Gasteiger partial charge on any atom is -0.508 e. The van der Waals surface area contributed by atoms with Crippen LogP contribution >= 0.6 is 11.3 Å². The van der Waals surface area contributed by atoms with Crippen LogP contribution in [0.3, 0.4) is 0 Å². The van der Waals surface area contributed by atoms with Crippen molar-refractivity contribution in [3.63, 3.8) is 0 Å². The molecule has 0 unspecified atom stereocenters. The van der Waals surface area contributed by atoms with Crippen molar-refractivity contribution in [1.29, 1.82) is 0 Å². The molecule has 19 heavy (non-hydrogen) atoms. The molecule has 2 aromatic heterocycles. The number of fused-ring (bicyclic) bond motifs is 1. The van der Waals surface area contributed by atoms with Gasteiger partial charge in [-0.25, -0.2) is 15.8 Å². The van der Waals surface area contributed by atoms with E-state index in [0.717, 1.165) is 26.2 Å². The van der Waals surface area contributed by atoms with Crippen molar-refractivity contribution >= 4 is 27.4 Å². The summed E-state index contributed by atoms with van der Waals surface area (Å²) >= 11 is 1.58. The number of benzene rings is 1. The molecule has 0 aliphatic rings. The molecule has 96 valence electrons. The first-order chi connectivity index (χ1) is 9.20. The number of anilines is 1. The first kappa shape index (κ1) is 11.9. The zero-order valence-electron chi connectivity index (χ0n) is 10.2. The van der Waals surface area contributed by atoms with Gasteiger partial charge < -0.3 is 10.5 Å². The molecular formula is C13H12N4OS. The Hall–Kier alpha value is -2.18. The Morgan fingerprint density at radius 3 is 2.63 bits per heavy atom. The summed E-state index contributed by atoms with van der Waals surface area (Å²) < 4.78 is 0.936. The Morgan fingerprint density at radius 2 is 1.95 bits per heavy atom. The molecule has 0 saturated heterocycles. The highest BCUT2D eigenvalue weighted by atomic mass is 32.1. The standard InChI is InChI=1S/C13H12N4OS/c1-7-10-12(13(17-14)16-6-15-10)19-11(7)8-2-4-9(18)5-3-8/h2-6,18H,14H2,1H3,(H,15,16,17). The lowest BCUT2D eigenvalue weighted by Crippen LogP contribution is -2.08. The van der Waals surface area contributed by atoms with Crippen LogP contribution in [0.1, 0.15) is 5.56 Å². The highest BCUT2D eigenvalue weighted by Crippen LogP contribution is 2.39. The van der Waals surface area contributed by atoms with E-state index in [0.29, 0.717) is 5.82 Å². The normalized spacial score (nSPS) is 10.8. The van der Waals surface area contributed by atoms with Gasteiger partial charge in [0.05, 0.1) is 10.2 Å². The molecule has 0 atom stereocenters. The molecular weight excluding hydrogens is 260 g/mol. The molecule has 6 heteroatoms. The third-order valence-electron chi connectivity index (χ3n) is 2.97. The number of phenols is 1. The fraction of sp³-hybridized carbons (Fsp3) is 0.0769. The second-order valence-electron chi connectivity index (χ2n) is 4.15. The van der Waals surface area contributed by atoms with Crippen molar-refractivity contribution in [3.05, 3.63) is 36.2 Å². The Kier molecular flexibility index (Phi) is 2.81. The highest BCUT2D eigenvalue weighted by Gasteiger charge is 2.14. The minimum absolute atomic E-state index is 0.256. The maximum Gasteiger partial charge on any atom is 0.161 e. The number of thiophene rings is 1. The zero-order chi connectivity index (χ0) is 13.4. The van der Waals surface area contributed by atoms with Gasteiger partial charge in [0.1, 0.15) is 12.1 Å². The number of hydrogen-bond acceptors (Lipinski definition) is 6. The molecule has 0 aliphatic carbocycles. The van der Waals surface area contributed by atoms with E-state index in [-0.39, 0.29) is 5.75 Å². The Labute approximate surface area is 113 Å². The molecule has 0 aliphatic heterocycles. The topological polar surface area (TPSA) is 84.1 Å². The second-order valence-corrected chi connectivity index (χ2v) is 5.17. The number of hydrogen-bond donors (Lipinski definition) is 3. The van der Waals surface area contributed by atoms with E-state index >= 15 is 0 Å². The highest BCUT2D eigenvalue weighted by molar-refractivity contribution is 7.23. The van der Waals surface area contributed by atoms with Crippen LogP contribution in [0, 0.1) is 6.92 Å². The number of aromatic nitrogens is 2. The van der Waals surface area contributed by atoms with Gasteiger partial charge in [0.2, 0.25) is 0 Å². The Balaban J connectivity index is 2.25. The summed E-state index contributed by atoms with van der Waals surface area (Å²) in [5, 5.41) is 9.35. The van der Waals surface area contributed by atoms with Crippen LogP contribution in [0.2, 0.25) is 0 Å². The van der Waals surface area contributed by atoms with Crippen LogP contribution in [0.4, 0.5) is 5.82 Å². The number of rotatable bonds is 2. The molecule has 1 aromatic carbocycles. The van der Waals surface area contributed by atoms with Crippen LogP contribution in [0.15, 0.2) is 30.6 Å². The van der Waals surface area contributed by atoms with Gasteiger partial charge in [0, 0.05) is 4.88 Å². The van der Waals surface area contributed by atoms with E-state index in [1.54, 1.807) is 23.5 Å². The SMILES string of the molecule is Cc1c(-c2ccc(O)cc2)sc2c(NN)ncnc12. The summed E-state index contributed by atoms with van der Waals surface area (Å²) in [7, 11) is 0. The first-order valence-electron chi connectivity index (χ1n) is 5.71. The fourth-order valence-electron chi connectivity index (χ4n) is 2.01. The largest absolute Gasteiger partial charge is 0.508 e. The van der Waals surface area contributed by atoms with E-state index in [2.05, 4.69) is 15.4 Å². The van der Waals surface area contributed by atoms with Crippen molar-refractivity contribution in [2.24, 2.45) is 5.84 Å². The van der Waals surface area contributed by atoms with Gasteiger partial charge in [-0.2, -0.15) is 0 Å². The molecule has 4 N–H and O–H groups in total. The maximum absolute atomic E-state index is 9.35. The number of nitrogens with two attached hydrogens (primary N) is 1. The molecule has 0 radical (unpaired) electrons. The van der Waals surface area contributed by atoms with Crippen LogP contribution < -0.4 is 11.3 Å². The average Bonchev–Trinajstić information content (AvgIpc) is 2.77. The number of aryl methyl sites for hydroxylation is 1. The van der Waals surface area contributed by atoms with Crippen molar-refractivity contribution in [2.75, 3.05) is 5.43 Å². The van der Waals surface area contributed by atoms with Gasteiger partial charge in [-0.15, -0.1) is 11.3 Å². The third-order valence-corrected chi connectivity index (χ3v) is 4.31. The van der Waals surface area contributed by atoms with Crippen molar-refractivity contribution in [3.8, 4) is 16.2 Å². The van der Waals surface area contributed by atoms with Gasteiger partial charge in [-0.3, -0.25) is 0 Å². The fourth-order valence-corrected chi connectivity index (χ4v) is 3.23. The Bertz CT molecular complexity index is 736. The van der Waals surface area contributed by atoms with Gasteiger partial charge >= 0.3 is 0 Å². The smallest absolute Gasteiger partial charge is 0.161 e. The van der Waals surface area contributed by atoms with Crippen molar-refractivity contribution in [1.82, 2.24) is 9.97 Å². The average molecular weight is 272 g/mol. The Morgan fingerprint density at radius 1 is 1.21 bits per heavy atom. The summed E-state index contributed by atoms with van der Waals surface area (Å²) in [6.07, 6.45) is 1.50. The lowest BCUT2D eigenvalue weighted by atomic mass is 10.1. The molecule has 0 bridgehead atoms. The number of nitrogens with one attached hydrogen (secondary N) is 1. The van der Waals surface area contributed by atoms with Crippen molar-refractivity contribution < 1.29 is 5.11 Å². The van der Waals surface area contributed by atoms with Crippen LogP contribution in [-0.2, 0) is 0 Å². The maximum atomic E-state index is 9.35. The minimum atomic E-state index is 0.256. The molecule has 0 spiro atoms. The number of nitrogen functional groups attached to an aromatic ring is 1. The van der Waals surface area contributed by atoms with Crippen LogP contribution in [0.25, 0.3) is 20.7 Å². The van der Waals surface area contributed by atoms with E-state index in [1.165, 1.54) is 6.33 Å². The van der Waals surface area contributed by atoms with Gasteiger partial charge in [-0.05, 0) is 42.3 Å². The quantitative estimate of drug-likeness (QED) is 0.493. The second kappa shape index (κ2) is 4.49. The van der Waals surface area contributed by atoms with E-state index in [4.69, 9.17) is 5.84 Å². The summed E-state index contributed by atoms with van der Waals surface area (Å²) in [6.45, 7) is 2.02. The number of phenolic OH excluding ortho intramolecular Hbond substituents is 1. The lowest BCUT2D eigenvalue weighted by Gasteiger charge is -1.99.